The molecule has 5 heteroatoms. The summed E-state index contributed by atoms with van der Waals surface area (Å²) in [6.07, 6.45) is -0.166. The van der Waals surface area contributed by atoms with Crippen molar-refractivity contribution >= 4 is 0 Å². The van der Waals surface area contributed by atoms with E-state index in [0.717, 1.165) is 5.56 Å². The average molecular weight is 219 g/mol. The minimum Gasteiger partial charge on any atom is -0.343 e. The lowest BCUT2D eigenvalue weighted by molar-refractivity contribution is -0.160. The molecule has 1 aromatic rings. The molecule has 1 aliphatic heterocycles. The molecule has 0 N–H and O–H groups in total. The van der Waals surface area contributed by atoms with Gasteiger partial charge in [0.2, 0.25) is 0 Å². The molecule has 84 valence electrons. The molecule has 0 saturated carbocycles. The van der Waals surface area contributed by atoms with Crippen molar-refractivity contribution in [3.05, 3.63) is 46.3 Å². The van der Waals surface area contributed by atoms with Crippen molar-refractivity contribution in [2.24, 2.45) is 5.11 Å². The first-order valence-corrected chi connectivity index (χ1v) is 5.13. The fourth-order valence-electron chi connectivity index (χ4n) is 1.75. The first-order chi connectivity index (χ1) is 7.74. The molecule has 16 heavy (non-hydrogen) atoms. The van der Waals surface area contributed by atoms with Gasteiger partial charge in [-0.25, -0.2) is 0 Å². The summed E-state index contributed by atoms with van der Waals surface area (Å²) in [4.78, 5) is 2.71. The molecule has 1 heterocycles. The number of hydrogen-bond acceptors (Lipinski definition) is 3. The zero-order valence-electron chi connectivity index (χ0n) is 9.04. The third kappa shape index (κ3) is 2.17. The maximum absolute atomic E-state index is 8.24. The Hall–Kier alpha value is -1.55. The molecule has 5 nitrogen and oxygen atoms in total. The minimum atomic E-state index is -0.725. The third-order valence-electron chi connectivity index (χ3n) is 2.58. The van der Waals surface area contributed by atoms with Crippen LogP contribution in [0.25, 0.3) is 10.4 Å². The van der Waals surface area contributed by atoms with Crippen LogP contribution in [0.5, 0.6) is 0 Å². The topological polar surface area (TPSA) is 67.2 Å². The van der Waals surface area contributed by atoms with Crippen LogP contribution >= 0.6 is 0 Å². The van der Waals surface area contributed by atoms with Crippen molar-refractivity contribution in [1.29, 1.82) is 0 Å². The lowest BCUT2D eigenvalue weighted by Gasteiger charge is -2.23. The van der Waals surface area contributed by atoms with Gasteiger partial charge in [-0.15, -0.1) is 0 Å². The standard InChI is InChI=1S/C11H13N3O2/c1-11(9-5-3-2-4-6-9)15-8-10(16-11)7-13-14-12/h2-6,10H,7-8H2,1H3. The summed E-state index contributed by atoms with van der Waals surface area (Å²) in [6.45, 7) is 2.63. The van der Waals surface area contributed by atoms with Crippen molar-refractivity contribution in [3.8, 4) is 0 Å². The molecule has 1 aliphatic rings. The van der Waals surface area contributed by atoms with Crippen molar-refractivity contribution in [2.45, 2.75) is 18.8 Å². The van der Waals surface area contributed by atoms with Gasteiger partial charge in [-0.2, -0.15) is 0 Å². The summed E-state index contributed by atoms with van der Waals surface area (Å²) in [7, 11) is 0. The molecule has 0 aliphatic carbocycles. The van der Waals surface area contributed by atoms with Gasteiger partial charge in [0.05, 0.1) is 19.3 Å². The molecule has 2 unspecified atom stereocenters. The van der Waals surface area contributed by atoms with Crippen molar-refractivity contribution in [1.82, 2.24) is 0 Å². The van der Waals surface area contributed by atoms with Gasteiger partial charge in [0.25, 0.3) is 0 Å². The van der Waals surface area contributed by atoms with Crippen LogP contribution in [0.4, 0.5) is 0 Å². The highest BCUT2D eigenvalue weighted by Gasteiger charge is 2.38. The second-order valence-corrected chi connectivity index (χ2v) is 3.78. The van der Waals surface area contributed by atoms with Crippen LogP contribution < -0.4 is 0 Å². The maximum atomic E-state index is 8.24. The van der Waals surface area contributed by atoms with E-state index in [-0.39, 0.29) is 6.10 Å². The van der Waals surface area contributed by atoms with Gasteiger partial charge < -0.3 is 9.47 Å². The second-order valence-electron chi connectivity index (χ2n) is 3.78. The molecule has 0 bridgehead atoms. The molecule has 1 aromatic carbocycles. The van der Waals surface area contributed by atoms with Gasteiger partial charge in [-0.3, -0.25) is 0 Å². The zero-order chi connectivity index (χ0) is 11.4. The highest BCUT2D eigenvalue weighted by Crippen LogP contribution is 2.33. The zero-order valence-corrected chi connectivity index (χ0v) is 9.04. The Labute approximate surface area is 93.6 Å². The van der Waals surface area contributed by atoms with E-state index in [2.05, 4.69) is 10.0 Å². The SMILES string of the molecule is CC1(c2ccccc2)OCC(CN=[N+]=[N-])O1. The van der Waals surface area contributed by atoms with E-state index >= 15 is 0 Å². The summed E-state index contributed by atoms with van der Waals surface area (Å²) < 4.78 is 11.4. The Balaban J connectivity index is 2.09. The summed E-state index contributed by atoms with van der Waals surface area (Å²) >= 11 is 0. The predicted octanol–water partition coefficient (Wildman–Crippen LogP) is 2.59. The summed E-state index contributed by atoms with van der Waals surface area (Å²) in [6, 6.07) is 9.73. The molecular weight excluding hydrogens is 206 g/mol. The number of azide groups is 1. The molecular formula is C11H13N3O2. The van der Waals surface area contributed by atoms with Gasteiger partial charge >= 0.3 is 0 Å². The van der Waals surface area contributed by atoms with Gasteiger partial charge in [0.1, 0.15) is 0 Å². The predicted molar refractivity (Wildman–Crippen MR) is 58.6 cm³/mol. The van der Waals surface area contributed by atoms with E-state index in [1.165, 1.54) is 0 Å². The van der Waals surface area contributed by atoms with E-state index in [4.69, 9.17) is 15.0 Å². The van der Waals surface area contributed by atoms with Crippen LogP contribution in [0.2, 0.25) is 0 Å². The molecule has 0 amide bonds. The van der Waals surface area contributed by atoms with Crippen LogP contribution in [-0.4, -0.2) is 19.3 Å². The normalized spacial score (nSPS) is 28.7. The van der Waals surface area contributed by atoms with Crippen molar-refractivity contribution < 1.29 is 9.47 Å². The third-order valence-corrected chi connectivity index (χ3v) is 2.58. The lowest BCUT2D eigenvalue weighted by atomic mass is 10.1. The Morgan fingerprint density at radius 2 is 2.25 bits per heavy atom. The van der Waals surface area contributed by atoms with E-state index in [9.17, 15) is 0 Å². The highest BCUT2D eigenvalue weighted by molar-refractivity contribution is 5.20. The van der Waals surface area contributed by atoms with Crippen LogP contribution in [0.15, 0.2) is 35.4 Å². The van der Waals surface area contributed by atoms with E-state index in [0.29, 0.717) is 13.2 Å². The first kappa shape index (κ1) is 11.0. The van der Waals surface area contributed by atoms with Crippen LogP contribution in [0.1, 0.15) is 12.5 Å². The van der Waals surface area contributed by atoms with Crippen molar-refractivity contribution in [3.63, 3.8) is 0 Å². The van der Waals surface area contributed by atoms with E-state index < -0.39 is 5.79 Å². The number of rotatable bonds is 3. The highest BCUT2D eigenvalue weighted by atomic mass is 16.7. The van der Waals surface area contributed by atoms with Gasteiger partial charge in [-0.05, 0) is 12.5 Å². The summed E-state index contributed by atoms with van der Waals surface area (Å²) in [5.74, 6) is -0.725. The molecule has 2 atom stereocenters. The molecule has 1 saturated heterocycles. The largest absolute Gasteiger partial charge is 0.343 e. The van der Waals surface area contributed by atoms with Crippen LogP contribution in [0, 0.1) is 0 Å². The number of benzene rings is 1. The first-order valence-electron chi connectivity index (χ1n) is 5.13. The molecule has 2 rings (SSSR count). The van der Waals surface area contributed by atoms with E-state index in [1.54, 1.807) is 0 Å². The maximum Gasteiger partial charge on any atom is 0.192 e. The van der Waals surface area contributed by atoms with Crippen LogP contribution in [0.3, 0.4) is 0 Å². The summed E-state index contributed by atoms with van der Waals surface area (Å²) in [5.41, 5.74) is 9.21. The summed E-state index contributed by atoms with van der Waals surface area (Å²) in [5, 5.41) is 3.49. The Kier molecular flexibility index (Phi) is 3.10. The fraction of sp³-hybridized carbons (Fsp3) is 0.455. The Morgan fingerprint density at radius 3 is 2.94 bits per heavy atom. The number of hydrogen-bond donors (Lipinski definition) is 0. The lowest BCUT2D eigenvalue weighted by Crippen LogP contribution is -2.24. The number of nitrogens with zero attached hydrogens (tertiary/aromatic N) is 3. The molecule has 0 aromatic heterocycles. The van der Waals surface area contributed by atoms with Gasteiger partial charge in [0.15, 0.2) is 5.79 Å². The Morgan fingerprint density at radius 1 is 1.50 bits per heavy atom. The molecule has 1 fully saturated rings. The number of ether oxygens (including phenoxy) is 2. The minimum absolute atomic E-state index is 0.166. The van der Waals surface area contributed by atoms with E-state index in [1.807, 2.05) is 37.3 Å². The second kappa shape index (κ2) is 4.53. The van der Waals surface area contributed by atoms with Gasteiger partial charge in [-0.1, -0.05) is 35.4 Å². The van der Waals surface area contributed by atoms with Crippen LogP contribution in [-0.2, 0) is 15.3 Å². The Bertz CT molecular complexity index is 403. The average Bonchev–Trinajstić information content (AvgIpc) is 2.71. The monoisotopic (exact) mass is 219 g/mol. The molecule has 0 radical (unpaired) electrons. The smallest absolute Gasteiger partial charge is 0.192 e. The quantitative estimate of drug-likeness (QED) is 0.445. The van der Waals surface area contributed by atoms with Crippen molar-refractivity contribution in [2.75, 3.05) is 13.2 Å². The molecule has 0 spiro atoms. The fourth-order valence-corrected chi connectivity index (χ4v) is 1.75. The van der Waals surface area contributed by atoms with Gasteiger partial charge in [0, 0.05) is 10.5 Å².